The van der Waals surface area contributed by atoms with Gasteiger partial charge in [-0.15, -0.1) is 0 Å². The Kier molecular flexibility index (Phi) is 9.36. The SMILES string of the molecule is CC1NC(=O)C(C(C)C)OC(=O)C2(/C=C/c3ccc4ccc(nc4c3)C(C)NC(=O)C3CCCN(N3)C1=O)CCC(O)CC2. The summed E-state index contributed by atoms with van der Waals surface area (Å²) in [5.41, 5.74) is 4.27. The molecule has 1 spiro atoms. The number of aromatic nitrogens is 1. The molecule has 0 radical (unpaired) electrons. The van der Waals surface area contributed by atoms with Crippen LogP contribution in [0.15, 0.2) is 36.4 Å². The molecule has 3 aliphatic rings. The average Bonchev–Trinajstić information content (AvgIpc) is 3.01. The summed E-state index contributed by atoms with van der Waals surface area (Å²) in [5.74, 6) is -2.09. The molecule has 4 unspecified atom stereocenters. The van der Waals surface area contributed by atoms with Crippen molar-refractivity contribution in [3.05, 3.63) is 47.7 Å². The molecule has 5 rings (SSSR count). The molecule has 1 aliphatic carbocycles. The second-order valence-corrected chi connectivity index (χ2v) is 12.8. The van der Waals surface area contributed by atoms with E-state index >= 15 is 0 Å². The number of esters is 1. The van der Waals surface area contributed by atoms with Gasteiger partial charge in [0.05, 0.1) is 28.8 Å². The summed E-state index contributed by atoms with van der Waals surface area (Å²) in [5, 5.41) is 18.3. The number of carbonyl (C=O) groups excluding carboxylic acids is 4. The predicted octanol–water partition coefficient (Wildman–Crippen LogP) is 2.93. The number of amides is 3. The molecular weight excluding hydrogens is 562 g/mol. The van der Waals surface area contributed by atoms with Crippen molar-refractivity contribution in [3.8, 4) is 0 Å². The van der Waals surface area contributed by atoms with Crippen LogP contribution in [0.1, 0.15) is 83.5 Å². The quantitative estimate of drug-likeness (QED) is 0.363. The van der Waals surface area contributed by atoms with Crippen molar-refractivity contribution < 1.29 is 29.0 Å². The van der Waals surface area contributed by atoms with Gasteiger partial charge in [0.25, 0.3) is 11.8 Å². The molecule has 1 aromatic carbocycles. The lowest BCUT2D eigenvalue weighted by Gasteiger charge is -2.36. The third-order valence-electron chi connectivity index (χ3n) is 8.98. The number of nitrogens with one attached hydrogen (secondary N) is 3. The Hall–Kier alpha value is -3.83. The molecule has 1 saturated heterocycles. The van der Waals surface area contributed by atoms with E-state index in [2.05, 4.69) is 16.1 Å². The largest absolute Gasteiger partial charge is 0.451 e. The maximum Gasteiger partial charge on any atom is 0.316 e. The van der Waals surface area contributed by atoms with Gasteiger partial charge in [-0.2, -0.15) is 0 Å². The number of nitrogens with zero attached hydrogens (tertiary/aromatic N) is 2. The van der Waals surface area contributed by atoms with Crippen LogP contribution in [-0.4, -0.2) is 69.6 Å². The van der Waals surface area contributed by atoms with Gasteiger partial charge >= 0.3 is 5.97 Å². The van der Waals surface area contributed by atoms with E-state index in [0.29, 0.717) is 50.8 Å². The summed E-state index contributed by atoms with van der Waals surface area (Å²) in [6.07, 6.45) is 4.84. The maximum absolute atomic E-state index is 13.9. The number of aliphatic hydroxyl groups excluding tert-OH is 1. The van der Waals surface area contributed by atoms with Crippen LogP contribution in [0.25, 0.3) is 17.0 Å². The first-order valence-electron chi connectivity index (χ1n) is 15.6. The van der Waals surface area contributed by atoms with E-state index in [-0.39, 0.29) is 17.9 Å². The molecule has 44 heavy (non-hydrogen) atoms. The number of fused-ring (bicyclic) bond motifs is 4. The fourth-order valence-electron chi connectivity index (χ4n) is 6.15. The van der Waals surface area contributed by atoms with Gasteiger partial charge in [-0.1, -0.05) is 44.2 Å². The second-order valence-electron chi connectivity index (χ2n) is 12.8. The van der Waals surface area contributed by atoms with Crippen molar-refractivity contribution in [2.75, 3.05) is 6.54 Å². The summed E-state index contributed by atoms with van der Waals surface area (Å²) in [6.45, 7) is 7.39. The molecule has 2 aliphatic heterocycles. The van der Waals surface area contributed by atoms with E-state index in [1.54, 1.807) is 20.8 Å². The Morgan fingerprint density at radius 2 is 1.68 bits per heavy atom. The standard InChI is InChI=1S/C33H43N5O6/c1-19(2)28-30(41)35-21(4)31(42)38-17-5-6-26(37-38)29(40)34-20(3)25-10-9-23-8-7-22(18-27(23)36-25)11-14-33(32(43)44-28)15-12-24(39)13-16-33/h7-11,14,18-21,24,26,28,37,39H,5-6,12-13,15-17H2,1-4H3,(H,34,40)(H,35,41)/b14-11+. The lowest BCUT2D eigenvalue weighted by molar-refractivity contribution is -0.168. The molecule has 236 valence electrons. The number of aliphatic hydroxyl groups is 1. The van der Waals surface area contributed by atoms with Crippen LogP contribution >= 0.6 is 0 Å². The number of carbonyl (C=O) groups is 4. The third kappa shape index (κ3) is 6.78. The van der Waals surface area contributed by atoms with Crippen LogP contribution in [0.2, 0.25) is 0 Å². The van der Waals surface area contributed by atoms with Crippen molar-refractivity contribution in [1.29, 1.82) is 0 Å². The predicted molar refractivity (Wildman–Crippen MR) is 164 cm³/mol. The third-order valence-corrected chi connectivity index (χ3v) is 8.98. The highest BCUT2D eigenvalue weighted by Gasteiger charge is 2.43. The van der Waals surface area contributed by atoms with E-state index in [0.717, 1.165) is 16.5 Å². The number of ether oxygens (including phenoxy) is 1. The van der Waals surface area contributed by atoms with Crippen LogP contribution in [0.4, 0.5) is 0 Å². The average molecular weight is 606 g/mol. The zero-order valence-corrected chi connectivity index (χ0v) is 25.8. The molecular formula is C33H43N5O6. The number of hydrogen-bond acceptors (Lipinski definition) is 8. The fourth-order valence-corrected chi connectivity index (χ4v) is 6.15. The van der Waals surface area contributed by atoms with E-state index in [1.807, 2.05) is 49.4 Å². The summed E-state index contributed by atoms with van der Waals surface area (Å²) < 4.78 is 5.93. The van der Waals surface area contributed by atoms with Gasteiger partial charge < -0.3 is 20.5 Å². The lowest BCUT2D eigenvalue weighted by atomic mass is 9.72. The maximum atomic E-state index is 13.9. The van der Waals surface area contributed by atoms with Crippen molar-refractivity contribution in [3.63, 3.8) is 0 Å². The summed E-state index contributed by atoms with van der Waals surface area (Å²) in [4.78, 5) is 58.7. The van der Waals surface area contributed by atoms with Crippen LogP contribution in [0.5, 0.6) is 0 Å². The molecule has 11 heteroatoms. The van der Waals surface area contributed by atoms with E-state index in [9.17, 15) is 24.3 Å². The number of cyclic esters (lactones) is 1. The van der Waals surface area contributed by atoms with Crippen LogP contribution in [-0.2, 0) is 23.9 Å². The number of pyridine rings is 1. The minimum Gasteiger partial charge on any atom is -0.451 e. The summed E-state index contributed by atoms with van der Waals surface area (Å²) in [6, 6.07) is 7.74. The van der Waals surface area contributed by atoms with Gasteiger partial charge in [0.1, 0.15) is 12.1 Å². The van der Waals surface area contributed by atoms with Gasteiger partial charge in [-0.25, -0.2) is 5.43 Å². The van der Waals surface area contributed by atoms with E-state index in [1.165, 1.54) is 5.01 Å². The van der Waals surface area contributed by atoms with Crippen LogP contribution < -0.4 is 16.1 Å². The molecule has 11 nitrogen and oxygen atoms in total. The van der Waals surface area contributed by atoms with Gasteiger partial charge in [-0.05, 0) is 76.0 Å². The summed E-state index contributed by atoms with van der Waals surface area (Å²) in [7, 11) is 0. The van der Waals surface area contributed by atoms with Crippen molar-refractivity contribution >= 4 is 40.7 Å². The van der Waals surface area contributed by atoms with Crippen molar-refractivity contribution in [2.24, 2.45) is 11.3 Å². The molecule has 4 atom stereocenters. The first-order valence-corrected chi connectivity index (χ1v) is 15.6. The molecule has 5 bridgehead atoms. The first-order chi connectivity index (χ1) is 21.0. The van der Waals surface area contributed by atoms with E-state index in [4.69, 9.17) is 9.72 Å². The molecule has 3 heterocycles. The van der Waals surface area contributed by atoms with Gasteiger partial charge in [0.15, 0.2) is 6.10 Å². The topological polar surface area (TPSA) is 150 Å². The fraction of sp³-hybridized carbons (Fsp3) is 0.545. The molecule has 1 aromatic heterocycles. The molecule has 1 saturated carbocycles. The van der Waals surface area contributed by atoms with Gasteiger partial charge in [0.2, 0.25) is 5.91 Å². The zero-order valence-electron chi connectivity index (χ0n) is 25.8. The Bertz CT molecular complexity index is 1450. The molecule has 2 fully saturated rings. The number of rotatable bonds is 1. The number of benzene rings is 1. The highest BCUT2D eigenvalue weighted by molar-refractivity contribution is 5.92. The number of hydrazine groups is 1. The monoisotopic (exact) mass is 605 g/mol. The second kappa shape index (κ2) is 13.0. The minimum absolute atomic E-state index is 0.245. The molecule has 4 N–H and O–H groups in total. The lowest BCUT2D eigenvalue weighted by Crippen LogP contribution is -2.61. The highest BCUT2D eigenvalue weighted by atomic mass is 16.5. The Morgan fingerprint density at radius 3 is 2.41 bits per heavy atom. The summed E-state index contributed by atoms with van der Waals surface area (Å²) >= 11 is 0. The van der Waals surface area contributed by atoms with Gasteiger partial charge in [-0.3, -0.25) is 29.2 Å². The Labute approximate surface area is 257 Å². The van der Waals surface area contributed by atoms with Crippen LogP contribution in [0, 0.1) is 11.3 Å². The Balaban J connectivity index is 1.53. The minimum atomic E-state index is -1.12. The molecule has 3 amide bonds. The molecule has 2 aromatic rings. The smallest absolute Gasteiger partial charge is 0.316 e. The van der Waals surface area contributed by atoms with Crippen molar-refractivity contribution in [2.45, 2.75) is 96.6 Å². The Morgan fingerprint density at radius 1 is 0.977 bits per heavy atom. The number of hydrogen-bond donors (Lipinski definition) is 4. The highest BCUT2D eigenvalue weighted by Crippen LogP contribution is 2.40. The normalized spacial score (nSPS) is 31.5. The van der Waals surface area contributed by atoms with Crippen LogP contribution in [0.3, 0.4) is 0 Å². The van der Waals surface area contributed by atoms with Crippen molar-refractivity contribution in [1.82, 2.24) is 26.1 Å². The van der Waals surface area contributed by atoms with E-state index < -0.39 is 47.5 Å². The first kappa shape index (κ1) is 31.6. The zero-order chi connectivity index (χ0) is 31.6. The van der Waals surface area contributed by atoms with Gasteiger partial charge in [0, 0.05) is 11.9 Å².